The summed E-state index contributed by atoms with van der Waals surface area (Å²) in [6, 6.07) is 0. The molecular weight excluding hydrogens is 324 g/mol. The molecule has 136 valence electrons. The van der Waals surface area contributed by atoms with E-state index in [1.165, 1.54) is 0 Å². The quantitative estimate of drug-likeness (QED) is 0.455. The summed E-state index contributed by atoms with van der Waals surface area (Å²) in [6.07, 6.45) is 4.22. The number of hydrogen-bond acceptors (Lipinski definition) is 6. The lowest BCUT2D eigenvalue weighted by Gasteiger charge is -2.27. The fourth-order valence-electron chi connectivity index (χ4n) is 3.05. The second kappa shape index (κ2) is 8.27. The maximum Gasteiger partial charge on any atom is 0.336 e. The molecule has 25 heavy (non-hydrogen) atoms. The highest BCUT2D eigenvalue weighted by atomic mass is 16.6. The summed E-state index contributed by atoms with van der Waals surface area (Å²) in [5.74, 6) is -1.81. The molecule has 0 aromatic carbocycles. The summed E-state index contributed by atoms with van der Waals surface area (Å²) in [6.45, 7) is 8.51. The Labute approximate surface area is 147 Å². The maximum atomic E-state index is 12.1. The number of carbonyl (C=O) groups excluding carboxylic acids is 2. The van der Waals surface area contributed by atoms with Gasteiger partial charge in [0.1, 0.15) is 12.2 Å². The Balaban J connectivity index is 2.39. The van der Waals surface area contributed by atoms with Crippen LogP contribution in [-0.2, 0) is 19.1 Å². The molecule has 3 atom stereocenters. The van der Waals surface area contributed by atoms with Crippen molar-refractivity contribution in [1.29, 1.82) is 0 Å². The van der Waals surface area contributed by atoms with Gasteiger partial charge in [-0.1, -0.05) is 24.8 Å². The van der Waals surface area contributed by atoms with E-state index < -0.39 is 36.7 Å². The number of carbonyl (C=O) groups is 2. The lowest BCUT2D eigenvalue weighted by atomic mass is 9.85. The molecule has 0 aromatic heterocycles. The van der Waals surface area contributed by atoms with Crippen molar-refractivity contribution >= 4 is 11.9 Å². The van der Waals surface area contributed by atoms with Gasteiger partial charge in [-0.15, -0.1) is 0 Å². The first kappa shape index (κ1) is 19.1. The van der Waals surface area contributed by atoms with E-state index in [4.69, 9.17) is 14.6 Å². The summed E-state index contributed by atoms with van der Waals surface area (Å²) >= 11 is 0. The number of fused-ring (bicyclic) bond motifs is 1. The molecule has 0 aromatic rings. The number of hydrogen-bond donors (Lipinski definition) is 2. The van der Waals surface area contributed by atoms with Gasteiger partial charge in [0, 0.05) is 12.0 Å². The molecule has 0 unspecified atom stereocenters. The number of aliphatic hydroxyl groups excluding tert-OH is 2. The highest BCUT2D eigenvalue weighted by Gasteiger charge is 2.44. The zero-order chi connectivity index (χ0) is 18.6. The zero-order valence-electron chi connectivity index (χ0n) is 14.4. The minimum Gasteiger partial charge on any atom is -0.458 e. The summed E-state index contributed by atoms with van der Waals surface area (Å²) < 4.78 is 10.9. The summed E-state index contributed by atoms with van der Waals surface area (Å²) in [5, 5.41) is 18.7. The molecule has 2 N–H and O–H groups in total. The van der Waals surface area contributed by atoms with Crippen molar-refractivity contribution in [1.82, 2.24) is 0 Å². The number of ether oxygens (including phenoxy) is 2. The number of rotatable bonds is 4. The molecule has 0 saturated carbocycles. The molecule has 1 aliphatic heterocycles. The van der Waals surface area contributed by atoms with Gasteiger partial charge in [-0.2, -0.15) is 0 Å². The molecule has 0 bridgehead atoms. The van der Waals surface area contributed by atoms with Crippen molar-refractivity contribution in [2.24, 2.45) is 5.92 Å². The Hall–Kier alpha value is -2.18. The molecule has 1 fully saturated rings. The smallest absolute Gasteiger partial charge is 0.336 e. The number of aliphatic hydroxyl groups is 2. The second-order valence-corrected chi connectivity index (χ2v) is 6.40. The third-order valence-electron chi connectivity index (χ3n) is 4.49. The first-order valence-corrected chi connectivity index (χ1v) is 8.22. The van der Waals surface area contributed by atoms with E-state index >= 15 is 0 Å². The van der Waals surface area contributed by atoms with Crippen LogP contribution in [0.1, 0.15) is 26.2 Å². The number of esters is 2. The Morgan fingerprint density at radius 2 is 2.16 bits per heavy atom. The molecule has 1 heterocycles. The monoisotopic (exact) mass is 348 g/mol. The van der Waals surface area contributed by atoms with Gasteiger partial charge in [0.2, 0.25) is 0 Å². The van der Waals surface area contributed by atoms with E-state index in [1.54, 1.807) is 0 Å². The van der Waals surface area contributed by atoms with Crippen molar-refractivity contribution in [3.63, 3.8) is 0 Å². The Kier molecular flexibility index (Phi) is 6.33. The van der Waals surface area contributed by atoms with Gasteiger partial charge in [-0.25, -0.2) is 9.59 Å². The molecule has 2 rings (SSSR count). The van der Waals surface area contributed by atoms with E-state index in [-0.39, 0.29) is 24.2 Å². The van der Waals surface area contributed by atoms with Crippen LogP contribution < -0.4 is 0 Å². The highest BCUT2D eigenvalue weighted by Crippen LogP contribution is 2.36. The molecule has 0 spiro atoms. The Bertz CT molecular complexity index is 642. The highest BCUT2D eigenvalue weighted by molar-refractivity contribution is 5.92. The molecule has 6 heteroatoms. The third-order valence-corrected chi connectivity index (χ3v) is 4.49. The topological polar surface area (TPSA) is 93.1 Å². The van der Waals surface area contributed by atoms with Gasteiger partial charge < -0.3 is 19.7 Å². The van der Waals surface area contributed by atoms with Gasteiger partial charge in [0.15, 0.2) is 0 Å². The van der Waals surface area contributed by atoms with Crippen LogP contribution in [0.2, 0.25) is 0 Å². The lowest BCUT2D eigenvalue weighted by molar-refractivity contribution is -0.147. The lowest BCUT2D eigenvalue weighted by Crippen LogP contribution is -2.34. The molecule has 2 aliphatic rings. The van der Waals surface area contributed by atoms with Crippen molar-refractivity contribution < 1.29 is 29.3 Å². The average Bonchev–Trinajstić information content (AvgIpc) is 2.85. The first-order chi connectivity index (χ1) is 11.9. The Morgan fingerprint density at radius 3 is 2.80 bits per heavy atom. The predicted octanol–water partition coefficient (Wildman–Crippen LogP) is 1.59. The molecule has 1 saturated heterocycles. The summed E-state index contributed by atoms with van der Waals surface area (Å²) in [7, 11) is 0. The third kappa shape index (κ3) is 4.46. The largest absolute Gasteiger partial charge is 0.458 e. The minimum absolute atomic E-state index is 0.0780. The second-order valence-electron chi connectivity index (χ2n) is 6.40. The summed E-state index contributed by atoms with van der Waals surface area (Å²) in [4.78, 5) is 24.1. The average molecular weight is 348 g/mol. The van der Waals surface area contributed by atoms with Gasteiger partial charge in [-0.05, 0) is 31.4 Å². The van der Waals surface area contributed by atoms with Crippen LogP contribution in [0.3, 0.4) is 0 Å². The van der Waals surface area contributed by atoms with Crippen molar-refractivity contribution in [2.45, 2.75) is 38.4 Å². The maximum absolute atomic E-state index is 12.1. The van der Waals surface area contributed by atoms with Gasteiger partial charge >= 0.3 is 11.9 Å². The van der Waals surface area contributed by atoms with Crippen LogP contribution in [0, 0.1) is 5.92 Å². The van der Waals surface area contributed by atoms with Crippen molar-refractivity contribution in [3.05, 3.63) is 47.6 Å². The fourth-order valence-corrected chi connectivity index (χ4v) is 3.05. The molecule has 0 radical (unpaired) electrons. The van der Waals surface area contributed by atoms with E-state index in [9.17, 15) is 14.7 Å². The van der Waals surface area contributed by atoms with E-state index in [0.29, 0.717) is 5.57 Å². The van der Waals surface area contributed by atoms with Crippen LogP contribution in [-0.4, -0.2) is 47.6 Å². The SMILES string of the molecule is C=C(CO)C(=O)O[C@H]1CC(CO)=CCC/C(C)=C/[C@H]2OC(=O)C(=C)[C@H]12. The minimum atomic E-state index is -0.750. The molecule has 6 nitrogen and oxygen atoms in total. The van der Waals surface area contributed by atoms with Crippen LogP contribution in [0.25, 0.3) is 0 Å². The van der Waals surface area contributed by atoms with Crippen LogP contribution in [0.15, 0.2) is 47.6 Å². The van der Waals surface area contributed by atoms with Crippen LogP contribution in [0.5, 0.6) is 0 Å². The first-order valence-electron chi connectivity index (χ1n) is 8.22. The molecule has 1 aliphatic carbocycles. The van der Waals surface area contributed by atoms with E-state index in [1.807, 2.05) is 19.1 Å². The van der Waals surface area contributed by atoms with Crippen molar-refractivity contribution in [2.75, 3.05) is 13.2 Å². The van der Waals surface area contributed by atoms with Gasteiger partial charge in [-0.3, -0.25) is 0 Å². The van der Waals surface area contributed by atoms with E-state index in [0.717, 1.165) is 18.4 Å². The molecular formula is C19H24O6. The number of allylic oxidation sites excluding steroid dienone is 2. The Morgan fingerprint density at radius 1 is 1.44 bits per heavy atom. The van der Waals surface area contributed by atoms with Crippen LogP contribution in [0.4, 0.5) is 0 Å². The van der Waals surface area contributed by atoms with Crippen LogP contribution >= 0.6 is 0 Å². The predicted molar refractivity (Wildman–Crippen MR) is 91.4 cm³/mol. The zero-order valence-corrected chi connectivity index (χ0v) is 14.4. The molecule has 0 amide bonds. The van der Waals surface area contributed by atoms with Gasteiger partial charge in [0.25, 0.3) is 0 Å². The normalized spacial score (nSPS) is 29.0. The standard InChI is InChI=1S/C19H24O6/c1-11-5-4-6-14(10-21)8-16(24-18(22)12(2)9-20)17-13(3)19(23)25-15(17)7-11/h6-7,15-17,20-21H,2-5,8-10H2,1H3/b11-7+,14-6?/t15-,16+,17+/m1/s1. The fraction of sp³-hybridized carbons (Fsp3) is 0.474. The van der Waals surface area contributed by atoms with Crippen molar-refractivity contribution in [3.8, 4) is 0 Å². The van der Waals surface area contributed by atoms with Gasteiger partial charge in [0.05, 0.1) is 24.7 Å². The summed E-state index contributed by atoms with van der Waals surface area (Å²) in [5.41, 5.74) is 1.91. The van der Waals surface area contributed by atoms with E-state index in [2.05, 4.69) is 13.2 Å².